The molecule has 0 radical (unpaired) electrons. The summed E-state index contributed by atoms with van der Waals surface area (Å²) >= 11 is 0. The molecule has 1 saturated heterocycles. The number of hydrogen-bond donors (Lipinski definition) is 1. The van der Waals surface area contributed by atoms with Gasteiger partial charge in [-0.15, -0.1) is 0 Å². The quantitative estimate of drug-likeness (QED) is 0.863. The zero-order valence-electron chi connectivity index (χ0n) is 12.7. The van der Waals surface area contributed by atoms with E-state index in [2.05, 4.69) is 34.9 Å². The second-order valence-electron chi connectivity index (χ2n) is 5.36. The summed E-state index contributed by atoms with van der Waals surface area (Å²) in [7, 11) is 1.72. The van der Waals surface area contributed by atoms with E-state index < -0.39 is 0 Å². The van der Waals surface area contributed by atoms with Gasteiger partial charge in [0.05, 0.1) is 7.11 Å². The minimum Gasteiger partial charge on any atom is -0.497 e. The predicted octanol–water partition coefficient (Wildman–Crippen LogP) is 1.94. The average Bonchev–Trinajstić information content (AvgIpc) is 2.53. The van der Waals surface area contributed by atoms with Gasteiger partial charge in [-0.2, -0.15) is 0 Å². The summed E-state index contributed by atoms with van der Waals surface area (Å²) in [6.45, 7) is 7.44. The van der Waals surface area contributed by atoms with Crippen LogP contribution in [0.2, 0.25) is 0 Å². The largest absolute Gasteiger partial charge is 0.497 e. The molecule has 0 bridgehead atoms. The Kier molecular flexibility index (Phi) is 5.68. The van der Waals surface area contributed by atoms with Gasteiger partial charge in [0.15, 0.2) is 0 Å². The molecule has 1 aliphatic rings. The topological polar surface area (TPSA) is 41.7 Å². The molecule has 1 atom stereocenters. The molecule has 1 aromatic rings. The van der Waals surface area contributed by atoms with Crippen molar-refractivity contribution in [3.05, 3.63) is 24.3 Å². The summed E-state index contributed by atoms with van der Waals surface area (Å²) in [4.78, 5) is 5.03. The van der Waals surface area contributed by atoms with Gasteiger partial charge in [-0.1, -0.05) is 13.0 Å². The number of nitrogens with two attached hydrogens (primary N) is 1. The number of rotatable bonds is 6. The fourth-order valence-electron chi connectivity index (χ4n) is 2.99. The van der Waals surface area contributed by atoms with E-state index in [1.807, 2.05) is 6.07 Å². The average molecular weight is 277 g/mol. The van der Waals surface area contributed by atoms with Gasteiger partial charge in [0.25, 0.3) is 0 Å². The number of hydrogen-bond acceptors (Lipinski definition) is 4. The van der Waals surface area contributed by atoms with Crippen molar-refractivity contribution in [2.45, 2.75) is 25.8 Å². The second kappa shape index (κ2) is 7.50. The van der Waals surface area contributed by atoms with Gasteiger partial charge in [0.2, 0.25) is 0 Å². The Morgan fingerprint density at radius 1 is 1.25 bits per heavy atom. The molecular weight excluding hydrogens is 250 g/mol. The molecule has 0 aromatic heterocycles. The Hall–Kier alpha value is -1.26. The predicted molar refractivity (Wildman–Crippen MR) is 84.5 cm³/mol. The highest BCUT2D eigenvalue weighted by Gasteiger charge is 2.22. The molecule has 0 amide bonds. The minimum atomic E-state index is 0.646. The van der Waals surface area contributed by atoms with E-state index in [1.54, 1.807) is 7.11 Å². The van der Waals surface area contributed by atoms with Crippen molar-refractivity contribution in [2.75, 3.05) is 44.7 Å². The van der Waals surface area contributed by atoms with E-state index in [-0.39, 0.29) is 0 Å². The van der Waals surface area contributed by atoms with Crippen molar-refractivity contribution < 1.29 is 4.74 Å². The van der Waals surface area contributed by atoms with E-state index in [1.165, 1.54) is 12.1 Å². The van der Waals surface area contributed by atoms with Crippen LogP contribution in [0.15, 0.2) is 24.3 Å². The molecule has 1 aliphatic heterocycles. The van der Waals surface area contributed by atoms with E-state index in [0.717, 1.165) is 44.9 Å². The molecular formula is C16H27N3O. The van der Waals surface area contributed by atoms with Gasteiger partial charge in [-0.05, 0) is 31.5 Å². The normalized spacial score (nSPS) is 18.1. The molecule has 20 heavy (non-hydrogen) atoms. The molecule has 0 saturated carbocycles. The zero-order valence-corrected chi connectivity index (χ0v) is 12.7. The SMILES string of the molecule is CCC(CCN)N1CCN(c2cccc(OC)c2)CC1. The summed E-state index contributed by atoms with van der Waals surface area (Å²) in [6, 6.07) is 8.98. The Bertz CT molecular complexity index is 402. The second-order valence-corrected chi connectivity index (χ2v) is 5.36. The van der Waals surface area contributed by atoms with Crippen LogP contribution in [0.25, 0.3) is 0 Å². The fourth-order valence-corrected chi connectivity index (χ4v) is 2.99. The lowest BCUT2D eigenvalue weighted by molar-refractivity contribution is 0.173. The van der Waals surface area contributed by atoms with Crippen molar-refractivity contribution in [1.82, 2.24) is 4.90 Å². The number of nitrogens with zero attached hydrogens (tertiary/aromatic N) is 2. The van der Waals surface area contributed by atoms with Crippen LogP contribution >= 0.6 is 0 Å². The van der Waals surface area contributed by atoms with E-state index in [9.17, 15) is 0 Å². The number of methoxy groups -OCH3 is 1. The maximum absolute atomic E-state index is 5.71. The van der Waals surface area contributed by atoms with Gasteiger partial charge in [-0.25, -0.2) is 0 Å². The van der Waals surface area contributed by atoms with Crippen LogP contribution in [0.1, 0.15) is 19.8 Å². The first kappa shape index (κ1) is 15.1. The fraction of sp³-hybridized carbons (Fsp3) is 0.625. The maximum Gasteiger partial charge on any atom is 0.120 e. The maximum atomic E-state index is 5.71. The van der Waals surface area contributed by atoms with Gasteiger partial charge in [-0.3, -0.25) is 4.90 Å². The summed E-state index contributed by atoms with van der Waals surface area (Å²) in [6.07, 6.45) is 2.30. The van der Waals surface area contributed by atoms with E-state index in [0.29, 0.717) is 6.04 Å². The van der Waals surface area contributed by atoms with Crippen LogP contribution in [0.4, 0.5) is 5.69 Å². The van der Waals surface area contributed by atoms with E-state index in [4.69, 9.17) is 10.5 Å². The third-order valence-corrected chi connectivity index (χ3v) is 4.22. The molecule has 1 fully saturated rings. The summed E-state index contributed by atoms with van der Waals surface area (Å²) < 4.78 is 5.30. The molecule has 1 aromatic carbocycles. The molecule has 1 heterocycles. The van der Waals surface area contributed by atoms with Crippen molar-refractivity contribution in [1.29, 1.82) is 0 Å². The summed E-state index contributed by atoms with van der Waals surface area (Å²) in [5.74, 6) is 0.930. The lowest BCUT2D eigenvalue weighted by Gasteiger charge is -2.40. The number of piperazine rings is 1. The van der Waals surface area contributed by atoms with Gasteiger partial charge in [0.1, 0.15) is 5.75 Å². The van der Waals surface area contributed by atoms with Crippen LogP contribution in [-0.2, 0) is 0 Å². The highest BCUT2D eigenvalue weighted by molar-refractivity contribution is 5.51. The molecule has 4 nitrogen and oxygen atoms in total. The smallest absolute Gasteiger partial charge is 0.120 e. The van der Waals surface area contributed by atoms with Crippen molar-refractivity contribution >= 4 is 5.69 Å². The molecule has 0 aliphatic carbocycles. The third-order valence-electron chi connectivity index (χ3n) is 4.22. The monoisotopic (exact) mass is 277 g/mol. The van der Waals surface area contributed by atoms with Gasteiger partial charge >= 0.3 is 0 Å². The highest BCUT2D eigenvalue weighted by atomic mass is 16.5. The van der Waals surface area contributed by atoms with Gasteiger partial charge < -0.3 is 15.4 Å². The molecule has 112 valence electrons. The van der Waals surface area contributed by atoms with Crippen LogP contribution in [-0.4, -0.2) is 50.8 Å². The first-order chi connectivity index (χ1) is 9.78. The third kappa shape index (κ3) is 3.64. The van der Waals surface area contributed by atoms with Gasteiger partial charge in [0, 0.05) is 44.0 Å². The lowest BCUT2D eigenvalue weighted by atomic mass is 10.1. The molecule has 1 unspecified atom stereocenters. The molecule has 2 N–H and O–H groups in total. The van der Waals surface area contributed by atoms with Crippen LogP contribution in [0, 0.1) is 0 Å². The van der Waals surface area contributed by atoms with Crippen molar-refractivity contribution in [2.24, 2.45) is 5.73 Å². The summed E-state index contributed by atoms with van der Waals surface area (Å²) in [5.41, 5.74) is 6.97. The van der Waals surface area contributed by atoms with Crippen molar-refractivity contribution in [3.8, 4) is 5.75 Å². The van der Waals surface area contributed by atoms with Crippen LogP contribution in [0.3, 0.4) is 0 Å². The number of anilines is 1. The van der Waals surface area contributed by atoms with Crippen LogP contribution in [0.5, 0.6) is 5.75 Å². The standard InChI is InChI=1S/C16H27N3O/c1-3-14(7-8-17)18-9-11-19(12-10-18)15-5-4-6-16(13-15)20-2/h4-6,13-14H,3,7-12,17H2,1-2H3. The van der Waals surface area contributed by atoms with Crippen LogP contribution < -0.4 is 15.4 Å². The van der Waals surface area contributed by atoms with Crippen molar-refractivity contribution in [3.63, 3.8) is 0 Å². The Balaban J connectivity index is 1.93. The first-order valence-electron chi connectivity index (χ1n) is 7.61. The lowest BCUT2D eigenvalue weighted by Crippen LogP contribution is -2.50. The first-order valence-corrected chi connectivity index (χ1v) is 7.61. The Morgan fingerprint density at radius 2 is 2.00 bits per heavy atom. The summed E-state index contributed by atoms with van der Waals surface area (Å²) in [5, 5.41) is 0. The molecule has 2 rings (SSSR count). The Morgan fingerprint density at radius 3 is 2.60 bits per heavy atom. The number of ether oxygens (including phenoxy) is 1. The minimum absolute atomic E-state index is 0.646. The molecule has 0 spiro atoms. The number of benzene rings is 1. The van der Waals surface area contributed by atoms with E-state index >= 15 is 0 Å². The molecule has 4 heteroatoms. The zero-order chi connectivity index (χ0) is 14.4. The Labute approximate surface area is 122 Å². The highest BCUT2D eigenvalue weighted by Crippen LogP contribution is 2.23.